The lowest BCUT2D eigenvalue weighted by molar-refractivity contribution is -0.137. The van der Waals surface area contributed by atoms with Gasteiger partial charge < -0.3 is 5.11 Å². The zero-order valence-electron chi connectivity index (χ0n) is 8.92. The first-order chi connectivity index (χ1) is 7.42. The van der Waals surface area contributed by atoms with Gasteiger partial charge in [0.2, 0.25) is 10.0 Å². The number of carbonyl (C=O) groups is 1. The highest BCUT2D eigenvalue weighted by Gasteiger charge is 2.47. The first-order valence-corrected chi connectivity index (χ1v) is 6.92. The SMILES string of the molecule is C=C1CCCC2C1CS(=O)(=O)N2CC(=O)O. The van der Waals surface area contributed by atoms with Crippen LogP contribution >= 0.6 is 0 Å². The Morgan fingerprint density at radius 3 is 2.88 bits per heavy atom. The van der Waals surface area contributed by atoms with Crippen LogP contribution in [0.25, 0.3) is 0 Å². The van der Waals surface area contributed by atoms with Crippen molar-refractivity contribution in [3.05, 3.63) is 12.2 Å². The molecule has 1 saturated carbocycles. The molecule has 1 N–H and O–H groups in total. The van der Waals surface area contributed by atoms with Crippen LogP contribution in [0.15, 0.2) is 12.2 Å². The second-order valence-electron chi connectivity index (χ2n) is 4.44. The van der Waals surface area contributed by atoms with Crippen molar-refractivity contribution in [3.63, 3.8) is 0 Å². The van der Waals surface area contributed by atoms with E-state index in [1.165, 1.54) is 0 Å². The van der Waals surface area contributed by atoms with Gasteiger partial charge in [0.25, 0.3) is 0 Å². The summed E-state index contributed by atoms with van der Waals surface area (Å²) in [5.74, 6) is -1.14. The molecular weight excluding hydrogens is 230 g/mol. The van der Waals surface area contributed by atoms with Crippen molar-refractivity contribution in [2.45, 2.75) is 25.3 Å². The Bertz CT molecular complexity index is 428. The molecule has 0 aromatic carbocycles. The average Bonchev–Trinajstić information content (AvgIpc) is 2.41. The van der Waals surface area contributed by atoms with E-state index < -0.39 is 22.5 Å². The molecule has 1 heterocycles. The summed E-state index contributed by atoms with van der Waals surface area (Å²) in [6, 6.07) is -0.178. The molecule has 1 saturated heterocycles. The minimum Gasteiger partial charge on any atom is -0.480 e. The summed E-state index contributed by atoms with van der Waals surface area (Å²) >= 11 is 0. The van der Waals surface area contributed by atoms with Gasteiger partial charge in [-0.05, 0) is 19.3 Å². The smallest absolute Gasteiger partial charge is 0.318 e. The van der Waals surface area contributed by atoms with Gasteiger partial charge in [-0.25, -0.2) is 8.42 Å². The molecule has 0 bridgehead atoms. The minimum atomic E-state index is -3.41. The molecule has 1 aliphatic heterocycles. The fraction of sp³-hybridized carbons (Fsp3) is 0.700. The van der Waals surface area contributed by atoms with E-state index in [1.54, 1.807) is 0 Å². The van der Waals surface area contributed by atoms with Crippen LogP contribution in [0.3, 0.4) is 0 Å². The van der Waals surface area contributed by atoms with Gasteiger partial charge in [-0.3, -0.25) is 4.79 Å². The van der Waals surface area contributed by atoms with E-state index in [0.717, 1.165) is 29.1 Å². The van der Waals surface area contributed by atoms with Crippen LogP contribution in [-0.2, 0) is 14.8 Å². The van der Waals surface area contributed by atoms with Crippen molar-refractivity contribution in [2.75, 3.05) is 12.3 Å². The quantitative estimate of drug-likeness (QED) is 0.716. The van der Waals surface area contributed by atoms with E-state index in [0.29, 0.717) is 0 Å². The molecule has 0 radical (unpaired) electrons. The highest BCUT2D eigenvalue weighted by molar-refractivity contribution is 7.89. The largest absolute Gasteiger partial charge is 0.480 e. The van der Waals surface area contributed by atoms with Crippen LogP contribution < -0.4 is 0 Å². The van der Waals surface area contributed by atoms with Crippen molar-refractivity contribution >= 4 is 16.0 Å². The van der Waals surface area contributed by atoms with Crippen LogP contribution in [0, 0.1) is 5.92 Å². The summed E-state index contributed by atoms with van der Waals surface area (Å²) in [5, 5.41) is 8.73. The van der Waals surface area contributed by atoms with Gasteiger partial charge in [0.05, 0.1) is 5.75 Å². The second-order valence-corrected chi connectivity index (χ2v) is 6.41. The standard InChI is InChI=1S/C10H15NO4S/c1-7-3-2-4-9-8(7)6-16(14,15)11(9)5-10(12)13/h8-9H,1-6H2,(H,12,13). The maximum Gasteiger partial charge on any atom is 0.318 e. The van der Waals surface area contributed by atoms with Gasteiger partial charge in [-0.1, -0.05) is 12.2 Å². The number of fused-ring (bicyclic) bond motifs is 1. The van der Waals surface area contributed by atoms with E-state index >= 15 is 0 Å². The van der Waals surface area contributed by atoms with E-state index in [1.807, 2.05) is 0 Å². The minimum absolute atomic E-state index is 0.0315. The maximum absolute atomic E-state index is 11.8. The predicted molar refractivity (Wildman–Crippen MR) is 58.4 cm³/mol. The van der Waals surface area contributed by atoms with Crippen molar-refractivity contribution in [1.29, 1.82) is 0 Å². The summed E-state index contributed by atoms with van der Waals surface area (Å²) in [7, 11) is -3.41. The lowest BCUT2D eigenvalue weighted by Gasteiger charge is -2.30. The van der Waals surface area contributed by atoms with Crippen molar-refractivity contribution < 1.29 is 18.3 Å². The Balaban J connectivity index is 2.29. The highest BCUT2D eigenvalue weighted by atomic mass is 32.2. The van der Waals surface area contributed by atoms with Crippen LogP contribution in [0.2, 0.25) is 0 Å². The normalized spacial score (nSPS) is 33.6. The summed E-state index contributed by atoms with van der Waals surface area (Å²) < 4.78 is 24.8. The number of rotatable bonds is 2. The molecule has 2 atom stereocenters. The number of hydrogen-bond donors (Lipinski definition) is 1. The molecule has 6 heteroatoms. The molecule has 1 aliphatic carbocycles. The first kappa shape index (κ1) is 11.6. The van der Waals surface area contributed by atoms with E-state index in [9.17, 15) is 13.2 Å². The molecule has 90 valence electrons. The van der Waals surface area contributed by atoms with Gasteiger partial charge in [-0.2, -0.15) is 4.31 Å². The van der Waals surface area contributed by atoms with Crippen LogP contribution in [0.1, 0.15) is 19.3 Å². The summed E-state index contributed by atoms with van der Waals surface area (Å²) in [6.45, 7) is 3.48. The summed E-state index contributed by atoms with van der Waals surface area (Å²) in [6.07, 6.45) is 2.50. The second kappa shape index (κ2) is 3.85. The third-order valence-corrected chi connectivity index (χ3v) is 5.29. The van der Waals surface area contributed by atoms with Crippen LogP contribution in [0.4, 0.5) is 0 Å². The maximum atomic E-state index is 11.8. The van der Waals surface area contributed by atoms with Gasteiger partial charge in [0, 0.05) is 12.0 Å². The van der Waals surface area contributed by atoms with Crippen molar-refractivity contribution in [1.82, 2.24) is 4.31 Å². The lowest BCUT2D eigenvalue weighted by atomic mass is 9.82. The van der Waals surface area contributed by atoms with Crippen molar-refractivity contribution in [3.8, 4) is 0 Å². The number of carboxylic acids is 1. The van der Waals surface area contributed by atoms with Gasteiger partial charge in [0.1, 0.15) is 6.54 Å². The number of carboxylic acid groups (broad SMARTS) is 1. The molecule has 0 amide bonds. The average molecular weight is 245 g/mol. The Morgan fingerprint density at radius 1 is 1.56 bits per heavy atom. The summed E-state index contributed by atoms with van der Waals surface area (Å²) in [5.41, 5.74) is 0.952. The molecule has 2 unspecified atom stereocenters. The molecule has 16 heavy (non-hydrogen) atoms. The van der Waals surface area contributed by atoms with E-state index in [2.05, 4.69) is 6.58 Å². The number of sulfonamides is 1. The third kappa shape index (κ3) is 1.87. The van der Waals surface area contributed by atoms with Gasteiger partial charge in [-0.15, -0.1) is 0 Å². The molecule has 0 aromatic heterocycles. The Hall–Kier alpha value is -0.880. The molecular formula is C10H15NO4S. The van der Waals surface area contributed by atoms with Gasteiger partial charge in [0.15, 0.2) is 0 Å². The molecule has 0 spiro atoms. The monoisotopic (exact) mass is 245 g/mol. The van der Waals surface area contributed by atoms with Crippen molar-refractivity contribution in [2.24, 2.45) is 5.92 Å². The Morgan fingerprint density at radius 2 is 2.25 bits per heavy atom. The molecule has 5 nitrogen and oxygen atoms in total. The van der Waals surface area contributed by atoms with E-state index in [-0.39, 0.29) is 17.7 Å². The summed E-state index contributed by atoms with van der Waals surface area (Å²) in [4.78, 5) is 10.7. The Kier molecular flexibility index (Phi) is 2.79. The van der Waals surface area contributed by atoms with E-state index in [4.69, 9.17) is 5.11 Å². The zero-order valence-corrected chi connectivity index (χ0v) is 9.74. The molecule has 2 rings (SSSR count). The molecule has 2 fully saturated rings. The first-order valence-electron chi connectivity index (χ1n) is 5.31. The lowest BCUT2D eigenvalue weighted by Crippen LogP contribution is -2.40. The fourth-order valence-electron chi connectivity index (χ4n) is 2.65. The van der Waals surface area contributed by atoms with Gasteiger partial charge >= 0.3 is 5.97 Å². The van der Waals surface area contributed by atoms with Crippen LogP contribution in [0.5, 0.6) is 0 Å². The predicted octanol–water partition coefficient (Wildman–Crippen LogP) is 0.441. The number of aliphatic carboxylic acids is 1. The topological polar surface area (TPSA) is 74.7 Å². The van der Waals surface area contributed by atoms with Crippen LogP contribution in [-0.4, -0.2) is 42.1 Å². The third-order valence-electron chi connectivity index (χ3n) is 3.40. The zero-order chi connectivity index (χ0) is 11.9. The highest BCUT2D eigenvalue weighted by Crippen LogP contribution is 2.39. The number of hydrogen-bond acceptors (Lipinski definition) is 3. The number of nitrogens with zero attached hydrogens (tertiary/aromatic N) is 1. The Labute approximate surface area is 94.8 Å². The molecule has 0 aromatic rings. The fourth-order valence-corrected chi connectivity index (χ4v) is 4.72. The molecule has 2 aliphatic rings.